The molecule has 0 saturated heterocycles. The molecule has 0 fully saturated rings. The Balaban J connectivity index is 2.58. The molecule has 0 bridgehead atoms. The number of nitrogens with zero attached hydrogens (tertiary/aromatic N) is 2. The highest BCUT2D eigenvalue weighted by Crippen LogP contribution is 2.38. The minimum atomic E-state index is -4.53. The van der Waals surface area contributed by atoms with Crippen molar-refractivity contribution in [1.29, 1.82) is 0 Å². The first-order valence-corrected chi connectivity index (χ1v) is 8.52. The summed E-state index contributed by atoms with van der Waals surface area (Å²) in [6.45, 7) is 10.4. The van der Waals surface area contributed by atoms with Crippen LogP contribution >= 0.6 is 0 Å². The van der Waals surface area contributed by atoms with Crippen LogP contribution in [0, 0.1) is 0 Å². The second-order valence-electron chi connectivity index (χ2n) is 7.87. The van der Waals surface area contributed by atoms with Crippen molar-refractivity contribution in [3.05, 3.63) is 35.0 Å². The van der Waals surface area contributed by atoms with Gasteiger partial charge in [-0.25, -0.2) is 0 Å². The molecule has 0 radical (unpaired) electrons. The summed E-state index contributed by atoms with van der Waals surface area (Å²) in [4.78, 5) is 0. The molecule has 0 atom stereocenters. The third-order valence-electron chi connectivity index (χ3n) is 4.13. The van der Waals surface area contributed by atoms with Crippen molar-refractivity contribution in [2.45, 2.75) is 58.8 Å². The molecule has 0 amide bonds. The predicted octanol–water partition coefficient (Wildman–Crippen LogP) is 4.82. The molecular formula is C19H26F3N3O. The van der Waals surface area contributed by atoms with Crippen molar-refractivity contribution in [1.82, 2.24) is 15.1 Å². The molecule has 0 aliphatic heterocycles. The maximum Gasteiger partial charge on any atom is 0.435 e. The molecule has 2 aromatic rings. The van der Waals surface area contributed by atoms with Gasteiger partial charge in [-0.3, -0.25) is 4.68 Å². The average Bonchev–Trinajstić information content (AvgIpc) is 2.87. The van der Waals surface area contributed by atoms with E-state index in [9.17, 15) is 18.3 Å². The van der Waals surface area contributed by atoms with E-state index >= 15 is 0 Å². The molecule has 2 rings (SSSR count). The first-order chi connectivity index (χ1) is 11.8. The molecule has 0 unspecified atom stereocenters. The number of aryl methyl sites for hydroxylation is 1. The van der Waals surface area contributed by atoms with Crippen LogP contribution < -0.4 is 5.32 Å². The summed E-state index contributed by atoms with van der Waals surface area (Å²) in [6, 6.07) is 4.60. The van der Waals surface area contributed by atoms with E-state index in [0.717, 1.165) is 16.3 Å². The Hall–Kier alpha value is -2.02. The normalized spacial score (nSPS) is 12.8. The summed E-state index contributed by atoms with van der Waals surface area (Å²) in [7, 11) is 1.44. The molecule has 0 aliphatic rings. The van der Waals surface area contributed by atoms with E-state index in [-0.39, 0.29) is 22.9 Å². The lowest BCUT2D eigenvalue weighted by Gasteiger charge is -2.22. The highest BCUT2D eigenvalue weighted by Gasteiger charge is 2.35. The fraction of sp³-hybridized carbons (Fsp3) is 0.526. The van der Waals surface area contributed by atoms with E-state index in [1.54, 1.807) is 6.07 Å². The molecule has 144 valence electrons. The maximum absolute atomic E-state index is 13.0. The Morgan fingerprint density at radius 2 is 1.77 bits per heavy atom. The van der Waals surface area contributed by atoms with Gasteiger partial charge in [0.15, 0.2) is 5.69 Å². The molecule has 7 heteroatoms. The van der Waals surface area contributed by atoms with Crippen LogP contribution in [0.2, 0.25) is 0 Å². The lowest BCUT2D eigenvalue weighted by Crippen LogP contribution is -2.35. The second kappa shape index (κ2) is 6.95. The molecule has 0 spiro atoms. The van der Waals surface area contributed by atoms with Crippen molar-refractivity contribution in [2.24, 2.45) is 7.05 Å². The first kappa shape index (κ1) is 20.3. The molecule has 26 heavy (non-hydrogen) atoms. The third kappa shape index (κ3) is 4.58. The zero-order valence-corrected chi connectivity index (χ0v) is 16.0. The van der Waals surface area contributed by atoms with Crippen molar-refractivity contribution >= 4 is 0 Å². The molecule has 0 saturated carbocycles. The van der Waals surface area contributed by atoms with Gasteiger partial charge >= 0.3 is 6.18 Å². The molecule has 4 nitrogen and oxygen atoms in total. The molecule has 1 aromatic heterocycles. The lowest BCUT2D eigenvalue weighted by molar-refractivity contribution is -0.141. The number of nitrogens with one attached hydrogen (secondary N) is 1. The zero-order chi connectivity index (χ0) is 19.9. The quantitative estimate of drug-likeness (QED) is 0.812. The van der Waals surface area contributed by atoms with Gasteiger partial charge in [-0.1, -0.05) is 19.9 Å². The minimum Gasteiger partial charge on any atom is -0.507 e. The zero-order valence-electron chi connectivity index (χ0n) is 16.0. The van der Waals surface area contributed by atoms with Crippen molar-refractivity contribution in [2.75, 3.05) is 0 Å². The summed E-state index contributed by atoms with van der Waals surface area (Å²) in [5, 5.41) is 17.6. The number of alkyl halides is 3. The number of phenolic OH excluding ortho intramolecular Hbond substituents is 1. The van der Waals surface area contributed by atoms with Crippen molar-refractivity contribution < 1.29 is 18.3 Å². The van der Waals surface area contributed by atoms with Gasteiger partial charge < -0.3 is 10.4 Å². The Bertz CT molecular complexity index is 787. The number of hydrogen-bond acceptors (Lipinski definition) is 3. The maximum atomic E-state index is 13.0. The smallest absolute Gasteiger partial charge is 0.435 e. The van der Waals surface area contributed by atoms with Crippen molar-refractivity contribution in [3.8, 4) is 17.0 Å². The second-order valence-corrected chi connectivity index (χ2v) is 7.87. The number of aromatic nitrogens is 2. The van der Waals surface area contributed by atoms with E-state index < -0.39 is 11.9 Å². The molecule has 0 aliphatic carbocycles. The van der Waals surface area contributed by atoms with Gasteiger partial charge in [0.25, 0.3) is 0 Å². The molecular weight excluding hydrogens is 343 g/mol. The van der Waals surface area contributed by atoms with E-state index in [1.165, 1.54) is 7.05 Å². The largest absolute Gasteiger partial charge is 0.507 e. The SMILES string of the molecule is CC(C)c1cc(CNC(C)(C)C)c(O)c(-c2cc(C(F)(F)F)nn2C)c1. The van der Waals surface area contributed by atoms with Crippen LogP contribution in [0.5, 0.6) is 5.75 Å². The molecule has 1 heterocycles. The Kier molecular flexibility index (Phi) is 5.42. The number of halogens is 3. The van der Waals surface area contributed by atoms with E-state index in [1.807, 2.05) is 40.7 Å². The standard InChI is InChI=1S/C19H26F3N3O/c1-11(2)12-7-13(10-23-18(3,4)5)17(26)14(8-12)15-9-16(19(20,21)22)24-25(15)6/h7-9,11,23,26H,10H2,1-6H3. The Morgan fingerprint density at radius 3 is 2.23 bits per heavy atom. The number of hydrogen-bond donors (Lipinski definition) is 2. The van der Waals surface area contributed by atoms with E-state index in [0.29, 0.717) is 17.7 Å². The third-order valence-corrected chi connectivity index (χ3v) is 4.13. The Labute approximate surface area is 152 Å². The highest BCUT2D eigenvalue weighted by molar-refractivity contribution is 5.71. The Morgan fingerprint density at radius 1 is 1.15 bits per heavy atom. The predicted molar refractivity (Wildman–Crippen MR) is 96.0 cm³/mol. The van der Waals surface area contributed by atoms with Gasteiger partial charge in [0.2, 0.25) is 0 Å². The summed E-state index contributed by atoms with van der Waals surface area (Å²) in [5.74, 6) is 0.140. The van der Waals surface area contributed by atoms with Gasteiger partial charge in [-0.15, -0.1) is 0 Å². The van der Waals surface area contributed by atoms with Gasteiger partial charge in [-0.05, 0) is 44.4 Å². The summed E-state index contributed by atoms with van der Waals surface area (Å²) in [6.07, 6.45) is -4.53. The lowest BCUT2D eigenvalue weighted by atomic mass is 9.94. The fourth-order valence-corrected chi connectivity index (χ4v) is 2.60. The topological polar surface area (TPSA) is 50.1 Å². The first-order valence-electron chi connectivity index (χ1n) is 8.52. The van der Waals surface area contributed by atoms with Crippen LogP contribution in [0.15, 0.2) is 18.2 Å². The highest BCUT2D eigenvalue weighted by atomic mass is 19.4. The van der Waals surface area contributed by atoms with E-state index in [2.05, 4.69) is 10.4 Å². The van der Waals surface area contributed by atoms with Crippen LogP contribution in [0.25, 0.3) is 11.3 Å². The van der Waals surface area contributed by atoms with Crippen LogP contribution in [-0.2, 0) is 19.8 Å². The number of benzene rings is 1. The van der Waals surface area contributed by atoms with Crippen molar-refractivity contribution in [3.63, 3.8) is 0 Å². The number of phenols is 1. The molecule has 1 aromatic carbocycles. The van der Waals surface area contributed by atoms with Crippen LogP contribution in [0.3, 0.4) is 0 Å². The van der Waals surface area contributed by atoms with Crippen LogP contribution in [0.1, 0.15) is 57.4 Å². The monoisotopic (exact) mass is 369 g/mol. The van der Waals surface area contributed by atoms with Crippen LogP contribution in [0.4, 0.5) is 13.2 Å². The average molecular weight is 369 g/mol. The van der Waals surface area contributed by atoms with Gasteiger partial charge in [-0.2, -0.15) is 18.3 Å². The minimum absolute atomic E-state index is 0.0251. The summed E-state index contributed by atoms with van der Waals surface area (Å²) < 4.78 is 40.1. The number of rotatable bonds is 4. The van der Waals surface area contributed by atoms with Gasteiger partial charge in [0.05, 0.1) is 5.69 Å². The number of aromatic hydroxyl groups is 1. The van der Waals surface area contributed by atoms with Crippen LogP contribution in [-0.4, -0.2) is 20.4 Å². The van der Waals surface area contributed by atoms with Gasteiger partial charge in [0, 0.05) is 30.3 Å². The fourth-order valence-electron chi connectivity index (χ4n) is 2.60. The summed E-state index contributed by atoms with van der Waals surface area (Å²) >= 11 is 0. The van der Waals surface area contributed by atoms with Gasteiger partial charge in [0.1, 0.15) is 5.75 Å². The summed E-state index contributed by atoms with van der Waals surface area (Å²) in [5.41, 5.74) is 1.05. The molecule has 2 N–H and O–H groups in total. The van der Waals surface area contributed by atoms with E-state index in [4.69, 9.17) is 0 Å².